The first kappa shape index (κ1) is 39.7. The number of carbonyl (C=O) groups is 2. The minimum Gasteiger partial charge on any atom is -0.619 e. The first-order valence-electron chi connectivity index (χ1n) is 15.1. The Labute approximate surface area is 307 Å². The Kier molecular flexibility index (Phi) is 13.8. The van der Waals surface area contributed by atoms with E-state index in [9.17, 15) is 32.0 Å². The number of esters is 1. The van der Waals surface area contributed by atoms with E-state index in [2.05, 4.69) is 10.1 Å². The molecule has 1 saturated carbocycles. The van der Waals surface area contributed by atoms with Gasteiger partial charge in [0.1, 0.15) is 16.1 Å². The lowest BCUT2D eigenvalue weighted by Gasteiger charge is -2.26. The van der Waals surface area contributed by atoms with E-state index >= 15 is 0 Å². The van der Waals surface area contributed by atoms with E-state index in [1.807, 2.05) is 0 Å². The van der Waals surface area contributed by atoms with Gasteiger partial charge in [-0.2, -0.15) is 17.8 Å². The number of hydrogen-bond donors (Lipinski definition) is 2. The molecule has 50 heavy (non-hydrogen) atoms. The molecule has 2 aliphatic rings. The normalized spacial score (nSPS) is 16.8. The molecule has 1 aromatic heterocycles. The average molecular weight is 798 g/mol. The Balaban J connectivity index is 0.00000562. The molecule has 0 spiro atoms. The zero-order valence-corrected chi connectivity index (χ0v) is 30.1. The second-order valence-electron chi connectivity index (χ2n) is 11.2. The van der Waals surface area contributed by atoms with Crippen LogP contribution in [0.2, 0.25) is 10.0 Å². The molecule has 2 aromatic carbocycles. The molecular formula is C31H33Cl3F2N4O8S2. The lowest BCUT2D eigenvalue weighted by atomic mass is 10.0. The molecule has 1 aliphatic carbocycles. The van der Waals surface area contributed by atoms with Crippen molar-refractivity contribution in [2.45, 2.75) is 42.2 Å². The summed E-state index contributed by atoms with van der Waals surface area (Å²) in [4.78, 5) is 26.1. The Morgan fingerprint density at radius 3 is 2.50 bits per heavy atom. The van der Waals surface area contributed by atoms with E-state index in [0.29, 0.717) is 4.73 Å². The Hall–Kier alpha value is -3.12. The van der Waals surface area contributed by atoms with Gasteiger partial charge < -0.3 is 30.5 Å². The fourth-order valence-electron chi connectivity index (χ4n) is 4.97. The molecule has 1 amide bonds. The van der Waals surface area contributed by atoms with E-state index in [1.165, 1.54) is 42.5 Å². The summed E-state index contributed by atoms with van der Waals surface area (Å²) in [6, 6.07) is 9.45. The number of rotatable bonds is 15. The van der Waals surface area contributed by atoms with E-state index < -0.39 is 40.0 Å². The third kappa shape index (κ3) is 9.80. The number of aromatic nitrogens is 1. The maximum Gasteiger partial charge on any atom is 0.387 e. The van der Waals surface area contributed by atoms with E-state index in [-0.39, 0.29) is 99.9 Å². The molecule has 1 aliphatic heterocycles. The van der Waals surface area contributed by atoms with Crippen molar-refractivity contribution in [3.05, 3.63) is 86.8 Å². The number of benzene rings is 2. The molecule has 3 aromatic rings. The predicted octanol–water partition coefficient (Wildman–Crippen LogP) is 4.72. The van der Waals surface area contributed by atoms with Crippen LogP contribution in [0, 0.1) is 11.1 Å². The Bertz CT molecular complexity index is 1780. The zero-order valence-electron chi connectivity index (χ0n) is 26.1. The second kappa shape index (κ2) is 17.4. The van der Waals surface area contributed by atoms with Crippen molar-refractivity contribution in [2.24, 2.45) is 11.7 Å². The molecule has 0 bridgehead atoms. The van der Waals surface area contributed by atoms with E-state index in [1.54, 1.807) is 0 Å². The van der Waals surface area contributed by atoms with E-state index in [0.717, 1.165) is 41.3 Å². The van der Waals surface area contributed by atoms with E-state index in [4.69, 9.17) is 38.4 Å². The minimum atomic E-state index is -4.30. The van der Waals surface area contributed by atoms with Crippen molar-refractivity contribution in [3.63, 3.8) is 0 Å². The van der Waals surface area contributed by atoms with Gasteiger partial charge in [-0.05, 0) is 54.7 Å². The number of nitrogens with two attached hydrogens (primary N) is 1. The quantitative estimate of drug-likeness (QED) is 0.125. The van der Waals surface area contributed by atoms with Crippen LogP contribution in [-0.4, -0.2) is 68.6 Å². The fourth-order valence-corrected chi connectivity index (χ4v) is 8.66. The molecule has 19 heteroatoms. The summed E-state index contributed by atoms with van der Waals surface area (Å²) in [6.45, 7) is -2.51. The predicted molar refractivity (Wildman–Crippen MR) is 184 cm³/mol. The smallest absolute Gasteiger partial charge is 0.387 e. The van der Waals surface area contributed by atoms with Crippen molar-refractivity contribution in [1.82, 2.24) is 9.62 Å². The van der Waals surface area contributed by atoms with Crippen molar-refractivity contribution in [1.29, 1.82) is 0 Å². The van der Waals surface area contributed by atoms with Gasteiger partial charge in [-0.15, -0.1) is 24.2 Å². The first-order valence-corrected chi connectivity index (χ1v) is 18.3. The summed E-state index contributed by atoms with van der Waals surface area (Å²) in [5, 5.41) is 13.1. The largest absolute Gasteiger partial charge is 0.619 e. The number of nitrogens with one attached hydrogen (secondary N) is 1. The second-order valence-corrected chi connectivity index (χ2v) is 15.1. The van der Waals surface area contributed by atoms with Crippen LogP contribution in [-0.2, 0) is 26.0 Å². The summed E-state index contributed by atoms with van der Waals surface area (Å²) < 4.78 is 71.8. The SMILES string of the molecule is Cl.NCCNC(=O)c1cccc(S(=O)(=O)N2CCSC2C(=O)OC(Cc2c(Cl)c[n+]([O-])cc2Cl)c2ccc(OC(F)F)c(OCC3CC3)c2)c1. The van der Waals surface area contributed by atoms with Gasteiger partial charge in [0, 0.05) is 42.9 Å². The van der Waals surface area contributed by atoms with Crippen molar-refractivity contribution in [2.75, 3.05) is 32.0 Å². The van der Waals surface area contributed by atoms with Crippen molar-refractivity contribution >= 4 is 69.3 Å². The van der Waals surface area contributed by atoms with Gasteiger partial charge in [-0.1, -0.05) is 35.3 Å². The van der Waals surface area contributed by atoms with Crippen LogP contribution in [0.4, 0.5) is 8.78 Å². The highest BCUT2D eigenvalue weighted by atomic mass is 35.5. The van der Waals surface area contributed by atoms with Crippen molar-refractivity contribution in [3.8, 4) is 11.5 Å². The van der Waals surface area contributed by atoms with Gasteiger partial charge in [-0.3, -0.25) is 4.79 Å². The molecule has 272 valence electrons. The van der Waals surface area contributed by atoms with Crippen LogP contribution in [0.15, 0.2) is 59.8 Å². The Morgan fingerprint density at radius 2 is 1.84 bits per heavy atom. The first-order chi connectivity index (χ1) is 23.4. The number of nitrogens with zero attached hydrogens (tertiary/aromatic N) is 2. The monoisotopic (exact) mass is 796 g/mol. The highest BCUT2D eigenvalue weighted by Crippen LogP contribution is 2.39. The number of ether oxygens (including phenoxy) is 3. The summed E-state index contributed by atoms with van der Waals surface area (Å²) in [5.41, 5.74) is 6.06. The lowest BCUT2D eigenvalue weighted by Crippen LogP contribution is -2.41. The van der Waals surface area contributed by atoms with Gasteiger partial charge in [0.2, 0.25) is 10.0 Å². The van der Waals surface area contributed by atoms with Crippen LogP contribution in [0.3, 0.4) is 0 Å². The molecule has 0 radical (unpaired) electrons. The van der Waals surface area contributed by atoms with Crippen LogP contribution in [0.5, 0.6) is 11.5 Å². The van der Waals surface area contributed by atoms with Gasteiger partial charge in [-0.25, -0.2) is 13.2 Å². The number of carbonyl (C=O) groups excluding carboxylic acids is 2. The highest BCUT2D eigenvalue weighted by Gasteiger charge is 2.42. The number of halogens is 5. The molecule has 3 N–H and O–H groups in total. The summed E-state index contributed by atoms with van der Waals surface area (Å²) in [5.74, 6) is -1.14. The zero-order chi connectivity index (χ0) is 35.3. The highest BCUT2D eigenvalue weighted by molar-refractivity contribution is 8.02. The number of thioether (sulfide) groups is 1. The summed E-state index contributed by atoms with van der Waals surface area (Å²) in [7, 11) is -4.30. The number of alkyl halides is 2. The third-order valence-electron chi connectivity index (χ3n) is 7.62. The van der Waals surface area contributed by atoms with Gasteiger partial charge >= 0.3 is 12.6 Å². The lowest BCUT2D eigenvalue weighted by molar-refractivity contribution is -0.605. The van der Waals surface area contributed by atoms with Crippen LogP contribution in [0.1, 0.15) is 40.4 Å². The molecule has 2 atom stereocenters. The molecule has 5 rings (SSSR count). The summed E-state index contributed by atoms with van der Waals surface area (Å²) >= 11 is 13.7. The molecule has 12 nitrogen and oxygen atoms in total. The minimum absolute atomic E-state index is 0. The van der Waals surface area contributed by atoms with Gasteiger partial charge in [0.25, 0.3) is 5.91 Å². The third-order valence-corrected chi connectivity index (χ3v) is 11.4. The standard InChI is InChI=1S/C31H32Cl2F2N4O8S2.ClH/c32-23-15-38(42)16-24(33)22(23)14-26(19-6-7-25(47-31(34)35)27(13-19)45-17-18-4-5-18)46-30(41)29-39(10-11-48-29)49(43,44)21-3-1-2-20(12-21)28(40)37-9-8-36;/h1-3,6-7,12-13,15-16,18,26,29,31H,4-5,8-11,14,17,36H2,(H,37,40);1H. The fraction of sp³-hybridized carbons (Fsp3) is 0.387. The molecule has 2 unspecified atom stereocenters. The maximum absolute atomic E-state index is 13.8. The number of sulfonamides is 1. The Morgan fingerprint density at radius 1 is 1.12 bits per heavy atom. The summed E-state index contributed by atoms with van der Waals surface area (Å²) in [6.07, 6.45) is 2.62. The molecule has 2 heterocycles. The van der Waals surface area contributed by atoms with Crippen LogP contribution >= 0.6 is 47.4 Å². The molecule has 2 fully saturated rings. The maximum atomic E-state index is 13.8. The average Bonchev–Trinajstić information content (AvgIpc) is 3.75. The number of amides is 1. The van der Waals surface area contributed by atoms with Crippen LogP contribution in [0.25, 0.3) is 0 Å². The molecule has 1 saturated heterocycles. The topological polar surface area (TPSA) is 164 Å². The van der Waals surface area contributed by atoms with Crippen LogP contribution < -0.4 is 25.3 Å². The van der Waals surface area contributed by atoms with Crippen molar-refractivity contribution < 1.29 is 45.7 Å². The van der Waals surface area contributed by atoms with Gasteiger partial charge in [0.15, 0.2) is 29.3 Å². The van der Waals surface area contributed by atoms with Gasteiger partial charge in [0.05, 0.1) is 11.5 Å². The number of hydrogen-bond acceptors (Lipinski definition) is 10. The number of pyridine rings is 1. The molecular weight excluding hydrogens is 765 g/mol.